The van der Waals surface area contributed by atoms with Gasteiger partial charge in [0.05, 0.1) is 30.2 Å². The third-order valence-corrected chi connectivity index (χ3v) is 5.58. The lowest BCUT2D eigenvalue weighted by Gasteiger charge is -2.08. The number of hydrogen-bond donors (Lipinski definition) is 2. The maximum absolute atomic E-state index is 12.7. The van der Waals surface area contributed by atoms with Crippen LogP contribution in [-0.4, -0.2) is 28.4 Å². The fraction of sp³-hybridized carbons (Fsp3) is 0.148. The maximum Gasteiger partial charge on any atom is 0.251 e. The number of nitrogens with one attached hydrogen (secondary N) is 2. The van der Waals surface area contributed by atoms with Gasteiger partial charge in [-0.15, -0.1) is 0 Å². The van der Waals surface area contributed by atoms with Crippen LogP contribution in [0, 0.1) is 6.92 Å². The number of carbonyl (C=O) groups excluding carboxylic acids is 2. The summed E-state index contributed by atoms with van der Waals surface area (Å²) in [6.07, 6.45) is 3.59. The van der Waals surface area contributed by atoms with Gasteiger partial charge in [0.2, 0.25) is 12.7 Å². The molecule has 0 bridgehead atoms. The van der Waals surface area contributed by atoms with Gasteiger partial charge in [0.25, 0.3) is 5.91 Å². The van der Waals surface area contributed by atoms with Gasteiger partial charge in [-0.1, -0.05) is 42.0 Å². The minimum atomic E-state index is -0.205. The molecule has 0 radical (unpaired) electrons. The van der Waals surface area contributed by atoms with E-state index in [9.17, 15) is 9.59 Å². The van der Waals surface area contributed by atoms with Crippen molar-refractivity contribution in [2.75, 3.05) is 12.1 Å². The smallest absolute Gasteiger partial charge is 0.251 e. The molecule has 3 aromatic carbocycles. The van der Waals surface area contributed by atoms with E-state index in [0.717, 1.165) is 16.7 Å². The lowest BCUT2D eigenvalue weighted by molar-refractivity contribution is -0.115. The van der Waals surface area contributed by atoms with Crippen LogP contribution in [0.1, 0.15) is 27.0 Å². The Kier molecular flexibility index (Phi) is 6.17. The van der Waals surface area contributed by atoms with E-state index in [4.69, 9.17) is 9.47 Å². The van der Waals surface area contributed by atoms with Crippen LogP contribution in [0.3, 0.4) is 0 Å². The number of ether oxygens (including phenoxy) is 2. The van der Waals surface area contributed by atoms with Gasteiger partial charge in [-0.3, -0.25) is 9.59 Å². The molecule has 2 heterocycles. The second-order valence-electron chi connectivity index (χ2n) is 8.31. The van der Waals surface area contributed by atoms with Crippen LogP contribution in [0.25, 0.3) is 5.69 Å². The van der Waals surface area contributed by atoms with E-state index >= 15 is 0 Å². The van der Waals surface area contributed by atoms with Crippen LogP contribution >= 0.6 is 0 Å². The molecule has 176 valence electrons. The van der Waals surface area contributed by atoms with E-state index in [1.807, 2.05) is 55.5 Å². The predicted molar refractivity (Wildman–Crippen MR) is 131 cm³/mol. The molecule has 8 heteroatoms. The Bertz CT molecular complexity index is 1400. The first kappa shape index (κ1) is 22.2. The van der Waals surface area contributed by atoms with Gasteiger partial charge in [0.1, 0.15) is 0 Å². The highest BCUT2D eigenvalue weighted by atomic mass is 16.7. The van der Waals surface area contributed by atoms with Crippen LogP contribution in [0.2, 0.25) is 0 Å². The summed E-state index contributed by atoms with van der Waals surface area (Å²) in [7, 11) is 0. The van der Waals surface area contributed by atoms with Gasteiger partial charge in [-0.2, -0.15) is 5.10 Å². The Morgan fingerprint density at radius 3 is 2.71 bits per heavy atom. The topological polar surface area (TPSA) is 94.5 Å². The molecule has 0 saturated carbocycles. The molecular formula is C27H24N4O4. The number of hydrogen-bond acceptors (Lipinski definition) is 5. The minimum absolute atomic E-state index is 0.119. The highest BCUT2D eigenvalue weighted by Crippen LogP contribution is 2.32. The second-order valence-corrected chi connectivity index (χ2v) is 8.31. The minimum Gasteiger partial charge on any atom is -0.454 e. The van der Waals surface area contributed by atoms with Gasteiger partial charge in [-0.25, -0.2) is 4.68 Å². The highest BCUT2D eigenvalue weighted by molar-refractivity contribution is 5.95. The van der Waals surface area contributed by atoms with E-state index < -0.39 is 0 Å². The molecule has 5 rings (SSSR count). The first-order chi connectivity index (χ1) is 17.0. The van der Waals surface area contributed by atoms with Crippen LogP contribution < -0.4 is 20.1 Å². The van der Waals surface area contributed by atoms with Crippen LogP contribution in [0.15, 0.2) is 79.1 Å². The average Bonchev–Trinajstić information content (AvgIpc) is 3.52. The summed E-state index contributed by atoms with van der Waals surface area (Å²) in [6, 6.07) is 20.6. The molecule has 8 nitrogen and oxygen atoms in total. The SMILES string of the molecule is Cc1cccc(CC(=O)Nc2cnn(-c3cccc(C(=O)NCc4ccc5c(c4)OCO5)c3)c2)c1. The van der Waals surface area contributed by atoms with Crippen molar-refractivity contribution in [3.8, 4) is 17.2 Å². The molecule has 1 aliphatic heterocycles. The van der Waals surface area contributed by atoms with E-state index in [-0.39, 0.29) is 25.0 Å². The molecular weight excluding hydrogens is 444 g/mol. The van der Waals surface area contributed by atoms with Gasteiger partial charge in [0, 0.05) is 12.1 Å². The Morgan fingerprint density at radius 1 is 0.971 bits per heavy atom. The molecule has 0 unspecified atom stereocenters. The zero-order valence-electron chi connectivity index (χ0n) is 19.2. The average molecular weight is 469 g/mol. The quantitative estimate of drug-likeness (QED) is 0.427. The summed E-state index contributed by atoms with van der Waals surface area (Å²) in [5.41, 5.74) is 4.78. The molecule has 0 aliphatic carbocycles. The number of rotatable bonds is 7. The number of anilines is 1. The highest BCUT2D eigenvalue weighted by Gasteiger charge is 2.14. The van der Waals surface area contributed by atoms with Gasteiger partial charge in [0.15, 0.2) is 11.5 Å². The number of carbonyl (C=O) groups is 2. The maximum atomic E-state index is 12.7. The van der Waals surface area contributed by atoms with E-state index in [0.29, 0.717) is 35.0 Å². The third kappa shape index (κ3) is 5.33. The van der Waals surface area contributed by atoms with Crippen LogP contribution in [0.4, 0.5) is 5.69 Å². The van der Waals surface area contributed by atoms with Crippen molar-refractivity contribution in [3.63, 3.8) is 0 Å². The summed E-state index contributed by atoms with van der Waals surface area (Å²) < 4.78 is 12.3. The predicted octanol–water partition coefficient (Wildman–Crippen LogP) is 4.02. The first-order valence-electron chi connectivity index (χ1n) is 11.2. The molecule has 0 fully saturated rings. The van der Waals surface area contributed by atoms with E-state index in [1.54, 1.807) is 35.3 Å². The molecule has 0 atom stereocenters. The van der Waals surface area contributed by atoms with Crippen LogP contribution in [-0.2, 0) is 17.8 Å². The fourth-order valence-corrected chi connectivity index (χ4v) is 3.87. The molecule has 2 N–H and O–H groups in total. The number of benzene rings is 3. The van der Waals surface area contributed by atoms with Gasteiger partial charge in [-0.05, 0) is 48.4 Å². The zero-order valence-corrected chi connectivity index (χ0v) is 19.2. The molecule has 0 saturated heterocycles. The van der Waals surface area contributed by atoms with E-state index in [1.165, 1.54) is 0 Å². The third-order valence-electron chi connectivity index (χ3n) is 5.58. The molecule has 2 amide bonds. The zero-order chi connectivity index (χ0) is 24.2. The number of aryl methyl sites for hydroxylation is 1. The molecule has 4 aromatic rings. The standard InChI is InChI=1S/C27H24N4O4/c1-18-4-2-5-19(10-18)12-26(32)30-22-15-29-31(16-22)23-7-3-6-21(13-23)27(33)28-14-20-8-9-24-25(11-20)35-17-34-24/h2-11,13,15-16H,12,14,17H2,1H3,(H,28,33)(H,30,32). The monoisotopic (exact) mass is 468 g/mol. The molecule has 1 aliphatic rings. The first-order valence-corrected chi connectivity index (χ1v) is 11.2. The summed E-state index contributed by atoms with van der Waals surface area (Å²) in [5.74, 6) is 1.06. The summed E-state index contributed by atoms with van der Waals surface area (Å²) in [5, 5.41) is 10.1. The molecule has 0 spiro atoms. The number of fused-ring (bicyclic) bond motifs is 1. The molecule has 35 heavy (non-hydrogen) atoms. The largest absolute Gasteiger partial charge is 0.454 e. The van der Waals surface area contributed by atoms with Crippen molar-refractivity contribution < 1.29 is 19.1 Å². The number of aromatic nitrogens is 2. The Hall–Kier alpha value is -4.59. The number of nitrogens with zero attached hydrogens (tertiary/aromatic N) is 2. The summed E-state index contributed by atoms with van der Waals surface area (Å²) >= 11 is 0. The summed E-state index contributed by atoms with van der Waals surface area (Å²) in [6.45, 7) is 2.57. The Morgan fingerprint density at radius 2 is 1.83 bits per heavy atom. The van der Waals surface area contributed by atoms with Gasteiger partial charge < -0.3 is 20.1 Å². The van der Waals surface area contributed by atoms with Crippen molar-refractivity contribution in [3.05, 3.63) is 101 Å². The Labute approximate surface area is 202 Å². The normalized spacial score (nSPS) is 11.8. The Balaban J connectivity index is 1.21. The summed E-state index contributed by atoms with van der Waals surface area (Å²) in [4.78, 5) is 25.1. The van der Waals surface area contributed by atoms with Crippen molar-refractivity contribution >= 4 is 17.5 Å². The van der Waals surface area contributed by atoms with Gasteiger partial charge >= 0.3 is 0 Å². The van der Waals surface area contributed by atoms with Crippen LogP contribution in [0.5, 0.6) is 11.5 Å². The lowest BCUT2D eigenvalue weighted by atomic mass is 10.1. The van der Waals surface area contributed by atoms with Crippen molar-refractivity contribution in [2.45, 2.75) is 19.9 Å². The lowest BCUT2D eigenvalue weighted by Crippen LogP contribution is -2.22. The number of amides is 2. The van der Waals surface area contributed by atoms with Crippen molar-refractivity contribution in [1.29, 1.82) is 0 Å². The van der Waals surface area contributed by atoms with Crippen molar-refractivity contribution in [1.82, 2.24) is 15.1 Å². The second kappa shape index (κ2) is 9.72. The van der Waals surface area contributed by atoms with Crippen molar-refractivity contribution in [2.24, 2.45) is 0 Å². The fourth-order valence-electron chi connectivity index (χ4n) is 3.87. The molecule has 1 aromatic heterocycles. The van der Waals surface area contributed by atoms with E-state index in [2.05, 4.69) is 15.7 Å².